The molecule has 1 N–H and O–H groups in total. The highest BCUT2D eigenvalue weighted by atomic mass is 32.2. The van der Waals surface area contributed by atoms with E-state index >= 15 is 0 Å². The Labute approximate surface area is 311 Å². The number of β-lactam (4-membered cyclic amide) rings is 1. The molecule has 4 aliphatic heterocycles. The van der Waals surface area contributed by atoms with Crippen LogP contribution in [0.15, 0.2) is 96.2 Å². The monoisotopic (exact) mass is 744 g/mol. The van der Waals surface area contributed by atoms with Crippen molar-refractivity contribution in [3.8, 4) is 0 Å². The fourth-order valence-corrected chi connectivity index (χ4v) is 8.62. The first-order chi connectivity index (χ1) is 25.4. The predicted octanol–water partition coefficient (Wildman–Crippen LogP) is 4.34. The van der Waals surface area contributed by atoms with Crippen LogP contribution in [0.2, 0.25) is 0 Å². The van der Waals surface area contributed by atoms with Gasteiger partial charge in [-0.3, -0.25) is 18.7 Å². The number of fused-ring (bicyclic) bond motifs is 1. The largest absolute Gasteiger partial charge is 0.448 e. The maximum atomic E-state index is 14.4. The van der Waals surface area contributed by atoms with E-state index in [1.807, 2.05) is 60.7 Å². The molecule has 4 heterocycles. The molecule has 3 unspecified atom stereocenters. The van der Waals surface area contributed by atoms with Gasteiger partial charge in [-0.05, 0) is 62.8 Å². The second-order valence-corrected chi connectivity index (χ2v) is 15.8. The zero-order valence-electron chi connectivity index (χ0n) is 30.0. The number of piperidine rings is 1. The van der Waals surface area contributed by atoms with Gasteiger partial charge in [-0.25, -0.2) is 14.4 Å². The minimum Gasteiger partial charge on any atom is -0.448 e. The zero-order chi connectivity index (χ0) is 37.9. The molecule has 0 bridgehead atoms. The Morgan fingerprint density at radius 1 is 0.981 bits per heavy atom. The summed E-state index contributed by atoms with van der Waals surface area (Å²) in [4.78, 5) is 71.5. The summed E-state index contributed by atoms with van der Waals surface area (Å²) >= 11 is 0. The molecule has 53 heavy (non-hydrogen) atoms. The van der Waals surface area contributed by atoms with Crippen LogP contribution in [0.4, 0.5) is 9.59 Å². The van der Waals surface area contributed by atoms with E-state index in [4.69, 9.17) is 14.2 Å². The van der Waals surface area contributed by atoms with Gasteiger partial charge in [0.25, 0.3) is 5.91 Å². The summed E-state index contributed by atoms with van der Waals surface area (Å²) in [5.41, 5.74) is 1.08. The number of nitrogens with zero attached hydrogens (tertiary/aromatic N) is 3. The predicted molar refractivity (Wildman–Crippen MR) is 195 cm³/mol. The number of allylic oxidation sites excluding steroid dienone is 1. The number of benzene rings is 2. The van der Waals surface area contributed by atoms with Gasteiger partial charge in [0.15, 0.2) is 6.10 Å². The topological polar surface area (TPSA) is 152 Å². The minimum atomic E-state index is -1.76. The highest BCUT2D eigenvalue weighted by Gasteiger charge is 2.58. The lowest BCUT2D eigenvalue weighted by atomic mass is 10.00. The van der Waals surface area contributed by atoms with Crippen LogP contribution in [0.1, 0.15) is 57.3 Å². The molecule has 14 heteroatoms. The first-order valence-corrected chi connectivity index (χ1v) is 19.0. The van der Waals surface area contributed by atoms with Gasteiger partial charge in [0.1, 0.15) is 29.3 Å². The van der Waals surface area contributed by atoms with Gasteiger partial charge in [-0.2, -0.15) is 0 Å². The van der Waals surface area contributed by atoms with E-state index in [0.717, 1.165) is 4.90 Å². The second kappa shape index (κ2) is 15.8. The van der Waals surface area contributed by atoms with E-state index in [9.17, 15) is 28.2 Å². The van der Waals surface area contributed by atoms with Crippen molar-refractivity contribution in [3.63, 3.8) is 0 Å². The Morgan fingerprint density at radius 3 is 2.19 bits per heavy atom. The van der Waals surface area contributed by atoms with Gasteiger partial charge in [-0.15, -0.1) is 0 Å². The third-order valence-corrected chi connectivity index (χ3v) is 11.1. The maximum Gasteiger partial charge on any atom is 0.410 e. The van der Waals surface area contributed by atoms with Crippen LogP contribution >= 0.6 is 0 Å². The van der Waals surface area contributed by atoms with Crippen molar-refractivity contribution in [2.45, 2.75) is 69.2 Å². The van der Waals surface area contributed by atoms with E-state index in [-0.39, 0.29) is 35.6 Å². The Morgan fingerprint density at radius 2 is 1.60 bits per heavy atom. The van der Waals surface area contributed by atoms with Crippen molar-refractivity contribution in [2.24, 2.45) is 0 Å². The molecule has 2 aromatic rings. The normalized spacial score (nSPS) is 22.8. The lowest BCUT2D eigenvalue weighted by molar-refractivity contribution is -0.153. The molecule has 0 spiro atoms. The van der Waals surface area contributed by atoms with Gasteiger partial charge in [0.05, 0.1) is 16.6 Å². The Kier molecular flexibility index (Phi) is 11.2. The smallest absolute Gasteiger partial charge is 0.410 e. The SMILES string of the molecule is C=CCOC(=O)N1CCC(N2CC/C(=C\C3=C(C(=O)OC(c4ccccc4)c4ccccc4)N4C(=O)C(NC(=O)OC(C)(C)C)C4S(=O)C3)C2=O)CC1. The van der Waals surface area contributed by atoms with E-state index < -0.39 is 58.0 Å². The average Bonchev–Trinajstić information content (AvgIpc) is 3.50. The van der Waals surface area contributed by atoms with Crippen molar-refractivity contribution in [2.75, 3.05) is 32.0 Å². The van der Waals surface area contributed by atoms with Gasteiger partial charge in [0.2, 0.25) is 5.91 Å². The van der Waals surface area contributed by atoms with Crippen molar-refractivity contribution in [1.29, 1.82) is 0 Å². The second-order valence-electron chi connectivity index (χ2n) is 14.2. The molecular weight excluding hydrogens is 701 g/mol. The number of alkyl carbamates (subject to hydrolysis) is 1. The number of rotatable bonds is 9. The number of likely N-dealkylation sites (tertiary alicyclic amines) is 2. The number of amides is 4. The maximum absolute atomic E-state index is 14.4. The van der Waals surface area contributed by atoms with Gasteiger partial charge in [-0.1, -0.05) is 73.3 Å². The molecule has 3 saturated heterocycles. The van der Waals surface area contributed by atoms with Crippen molar-refractivity contribution in [1.82, 2.24) is 20.0 Å². The summed E-state index contributed by atoms with van der Waals surface area (Å²) in [7, 11) is -1.76. The molecule has 3 atom stereocenters. The average molecular weight is 745 g/mol. The lowest BCUT2D eigenvalue weighted by Gasteiger charge is -2.49. The van der Waals surface area contributed by atoms with Crippen LogP contribution in [0.25, 0.3) is 0 Å². The lowest BCUT2D eigenvalue weighted by Crippen LogP contribution is -2.73. The summed E-state index contributed by atoms with van der Waals surface area (Å²) in [5, 5.41) is 1.48. The van der Waals surface area contributed by atoms with Crippen LogP contribution < -0.4 is 5.32 Å². The number of esters is 1. The van der Waals surface area contributed by atoms with Crippen LogP contribution in [-0.2, 0) is 39.4 Å². The highest BCUT2D eigenvalue weighted by molar-refractivity contribution is 7.86. The van der Waals surface area contributed by atoms with Crippen molar-refractivity contribution < 1.29 is 42.4 Å². The molecule has 13 nitrogen and oxygen atoms in total. The van der Waals surface area contributed by atoms with Crippen LogP contribution in [0.5, 0.6) is 0 Å². The zero-order valence-corrected chi connectivity index (χ0v) is 30.8. The van der Waals surface area contributed by atoms with Crippen LogP contribution in [0, 0.1) is 0 Å². The summed E-state index contributed by atoms with van der Waals surface area (Å²) in [6.07, 6.45) is 2.48. The van der Waals surface area contributed by atoms with Crippen LogP contribution in [-0.4, -0.2) is 104 Å². The molecule has 4 aliphatic rings. The summed E-state index contributed by atoms with van der Waals surface area (Å²) in [6.45, 7) is 10.0. The molecule has 3 fully saturated rings. The standard InChI is InChI=1S/C39H44N4O9S/c1-5-22-50-38(48)41-19-17-29(18-20-41)42-21-16-27(33(42)44)23-28-24-53(49)35-30(40-37(47)52-39(2,3)4)34(45)43(35)31(28)36(46)51-32(25-12-8-6-9-13-25)26-14-10-7-11-15-26/h5-15,23,29-30,32,35H,1,16-22,24H2,2-4H3,(H,40,47)/b27-23+. The fourth-order valence-electron chi connectivity index (χ4n) is 6.99. The Bertz CT molecular complexity index is 1810. The minimum absolute atomic E-state index is 0.103. The molecule has 0 radical (unpaired) electrons. The third kappa shape index (κ3) is 8.22. The molecule has 0 aliphatic carbocycles. The summed E-state index contributed by atoms with van der Waals surface area (Å²) in [5.74, 6) is -1.87. The quantitative estimate of drug-likeness (QED) is 0.130. The molecule has 0 aromatic heterocycles. The molecule has 280 valence electrons. The first-order valence-electron chi connectivity index (χ1n) is 17.6. The van der Waals surface area contributed by atoms with Crippen molar-refractivity contribution in [3.05, 3.63) is 107 Å². The van der Waals surface area contributed by atoms with Gasteiger partial charge in [0, 0.05) is 31.2 Å². The summed E-state index contributed by atoms with van der Waals surface area (Å²) in [6, 6.07) is 17.0. The Balaban J connectivity index is 1.29. The van der Waals surface area contributed by atoms with Crippen molar-refractivity contribution >= 4 is 40.8 Å². The molecule has 6 rings (SSSR count). The van der Waals surface area contributed by atoms with Gasteiger partial charge >= 0.3 is 18.2 Å². The number of hydrogen-bond donors (Lipinski definition) is 1. The number of carbonyl (C=O) groups is 5. The van der Waals surface area contributed by atoms with Crippen LogP contribution in [0.3, 0.4) is 0 Å². The van der Waals surface area contributed by atoms with E-state index in [0.29, 0.717) is 55.6 Å². The number of carbonyl (C=O) groups excluding carboxylic acids is 5. The van der Waals surface area contributed by atoms with E-state index in [1.165, 1.54) is 6.08 Å². The number of nitrogens with one attached hydrogen (secondary N) is 1. The van der Waals surface area contributed by atoms with E-state index in [1.54, 1.807) is 36.6 Å². The molecule has 2 aromatic carbocycles. The fraction of sp³-hybridized carbons (Fsp3) is 0.410. The molecular formula is C39H44N4O9S. The number of ether oxygens (including phenoxy) is 3. The van der Waals surface area contributed by atoms with Gasteiger partial charge < -0.3 is 29.3 Å². The third-order valence-electron chi connectivity index (χ3n) is 9.44. The molecule has 0 saturated carbocycles. The Hall–Kier alpha value is -5.24. The summed E-state index contributed by atoms with van der Waals surface area (Å²) < 4.78 is 30.5. The molecule has 4 amide bonds. The number of hydrogen-bond acceptors (Lipinski definition) is 9. The highest BCUT2D eigenvalue weighted by Crippen LogP contribution is 2.39. The first kappa shape index (κ1) is 37.5. The van der Waals surface area contributed by atoms with E-state index in [2.05, 4.69) is 11.9 Å².